The third kappa shape index (κ3) is 3.88. The van der Waals surface area contributed by atoms with E-state index in [2.05, 4.69) is 4.72 Å². The summed E-state index contributed by atoms with van der Waals surface area (Å²) in [5.41, 5.74) is 0.477. The summed E-state index contributed by atoms with van der Waals surface area (Å²) < 4.78 is 37.3. The molecule has 21 heavy (non-hydrogen) atoms. The first-order valence-electron chi connectivity index (χ1n) is 6.45. The number of nitrogens with one attached hydrogen (secondary N) is 1. The van der Waals surface area contributed by atoms with Crippen molar-refractivity contribution in [2.24, 2.45) is 0 Å². The van der Waals surface area contributed by atoms with Gasteiger partial charge in [0.1, 0.15) is 11.5 Å². The Morgan fingerprint density at radius 2 is 1.52 bits per heavy atom. The van der Waals surface area contributed by atoms with Crippen molar-refractivity contribution in [2.45, 2.75) is 11.8 Å². The Kier molecular flexibility index (Phi) is 4.70. The van der Waals surface area contributed by atoms with Crippen molar-refractivity contribution >= 4 is 15.7 Å². The van der Waals surface area contributed by atoms with E-state index in [4.69, 9.17) is 9.47 Å². The molecule has 0 saturated heterocycles. The molecule has 112 valence electrons. The van der Waals surface area contributed by atoms with Gasteiger partial charge in [-0.2, -0.15) is 0 Å². The molecule has 2 aromatic rings. The second kappa shape index (κ2) is 6.49. The molecule has 0 bridgehead atoms. The van der Waals surface area contributed by atoms with Crippen LogP contribution in [0.1, 0.15) is 6.92 Å². The number of ether oxygens (including phenoxy) is 2. The fraction of sp³-hybridized carbons (Fsp3) is 0.200. The summed E-state index contributed by atoms with van der Waals surface area (Å²) in [6.07, 6.45) is 0. The summed E-state index contributed by atoms with van der Waals surface area (Å²) in [6, 6.07) is 13.0. The molecule has 2 rings (SSSR count). The van der Waals surface area contributed by atoms with Crippen molar-refractivity contribution in [3.05, 3.63) is 48.5 Å². The van der Waals surface area contributed by atoms with Crippen LogP contribution in [0, 0.1) is 0 Å². The average Bonchev–Trinajstić information content (AvgIpc) is 2.48. The fourth-order valence-electron chi connectivity index (χ4n) is 1.75. The summed E-state index contributed by atoms with van der Waals surface area (Å²) in [4.78, 5) is 0.182. The standard InChI is InChI=1S/C15H17NO4S/c1-3-20-14-8-10-15(11-9-14)21(17,18)16-12-4-6-13(19-2)7-5-12/h4-11,16H,3H2,1-2H3. The lowest BCUT2D eigenvalue weighted by Gasteiger charge is -2.09. The highest BCUT2D eigenvalue weighted by molar-refractivity contribution is 7.92. The Bertz CT molecular complexity index is 679. The molecular weight excluding hydrogens is 290 g/mol. The number of benzene rings is 2. The first kappa shape index (κ1) is 15.2. The first-order chi connectivity index (χ1) is 10.0. The lowest BCUT2D eigenvalue weighted by molar-refractivity contribution is 0.340. The van der Waals surface area contributed by atoms with Gasteiger partial charge < -0.3 is 9.47 Å². The van der Waals surface area contributed by atoms with Crippen LogP contribution in [0.25, 0.3) is 0 Å². The van der Waals surface area contributed by atoms with Gasteiger partial charge in [-0.3, -0.25) is 4.72 Å². The van der Waals surface area contributed by atoms with Gasteiger partial charge in [-0.1, -0.05) is 0 Å². The molecule has 6 heteroatoms. The van der Waals surface area contributed by atoms with Gasteiger partial charge in [0, 0.05) is 5.69 Å². The van der Waals surface area contributed by atoms with Gasteiger partial charge in [-0.25, -0.2) is 8.42 Å². The summed E-state index contributed by atoms with van der Waals surface area (Å²) in [5.74, 6) is 1.31. The van der Waals surface area contributed by atoms with E-state index < -0.39 is 10.0 Å². The lowest BCUT2D eigenvalue weighted by Crippen LogP contribution is -2.12. The van der Waals surface area contributed by atoms with Crippen molar-refractivity contribution < 1.29 is 17.9 Å². The topological polar surface area (TPSA) is 64.6 Å². The Balaban J connectivity index is 2.16. The molecule has 0 spiro atoms. The largest absolute Gasteiger partial charge is 0.497 e. The molecule has 1 N–H and O–H groups in total. The number of anilines is 1. The van der Waals surface area contributed by atoms with Gasteiger partial charge in [0.25, 0.3) is 10.0 Å². The lowest BCUT2D eigenvalue weighted by atomic mass is 10.3. The molecule has 0 aliphatic carbocycles. The minimum absolute atomic E-state index is 0.182. The van der Waals surface area contributed by atoms with E-state index in [0.29, 0.717) is 23.8 Å². The maximum Gasteiger partial charge on any atom is 0.261 e. The molecule has 2 aromatic carbocycles. The second-order valence-electron chi connectivity index (χ2n) is 4.24. The predicted octanol–water partition coefficient (Wildman–Crippen LogP) is 2.89. The number of hydrogen-bond acceptors (Lipinski definition) is 4. The average molecular weight is 307 g/mol. The predicted molar refractivity (Wildman–Crippen MR) is 81.4 cm³/mol. The third-order valence-corrected chi connectivity index (χ3v) is 4.18. The Morgan fingerprint density at radius 3 is 2.05 bits per heavy atom. The minimum Gasteiger partial charge on any atom is -0.497 e. The normalized spacial score (nSPS) is 11.0. The SMILES string of the molecule is CCOc1ccc(S(=O)(=O)Nc2ccc(OC)cc2)cc1. The van der Waals surface area contributed by atoms with Crippen LogP contribution in [0.15, 0.2) is 53.4 Å². The maximum atomic E-state index is 12.2. The van der Waals surface area contributed by atoms with E-state index in [1.807, 2.05) is 6.92 Å². The van der Waals surface area contributed by atoms with Crippen molar-refractivity contribution in [1.82, 2.24) is 0 Å². The minimum atomic E-state index is -3.61. The van der Waals surface area contributed by atoms with Crippen molar-refractivity contribution in [1.29, 1.82) is 0 Å². The Labute approximate surface area is 124 Å². The molecule has 0 atom stereocenters. The van der Waals surface area contributed by atoms with Crippen LogP contribution in [0.3, 0.4) is 0 Å². The van der Waals surface area contributed by atoms with E-state index in [9.17, 15) is 8.42 Å². The molecule has 0 radical (unpaired) electrons. The van der Waals surface area contributed by atoms with Gasteiger partial charge >= 0.3 is 0 Å². The number of hydrogen-bond donors (Lipinski definition) is 1. The molecule has 0 aromatic heterocycles. The van der Waals surface area contributed by atoms with Gasteiger partial charge in [0.15, 0.2) is 0 Å². The molecule has 0 heterocycles. The zero-order valence-electron chi connectivity index (χ0n) is 11.9. The second-order valence-corrected chi connectivity index (χ2v) is 5.92. The van der Waals surface area contributed by atoms with E-state index in [1.165, 1.54) is 12.1 Å². The number of rotatable bonds is 6. The van der Waals surface area contributed by atoms with Gasteiger partial charge in [0.05, 0.1) is 18.6 Å². The Hall–Kier alpha value is -2.21. The summed E-state index contributed by atoms with van der Waals surface area (Å²) in [6.45, 7) is 2.41. The molecule has 0 unspecified atom stereocenters. The van der Waals surface area contributed by atoms with Gasteiger partial charge in [0.2, 0.25) is 0 Å². The zero-order valence-corrected chi connectivity index (χ0v) is 12.7. The zero-order chi connectivity index (χ0) is 15.3. The maximum absolute atomic E-state index is 12.2. The van der Waals surface area contributed by atoms with Crippen LogP contribution < -0.4 is 14.2 Å². The van der Waals surface area contributed by atoms with E-state index in [1.54, 1.807) is 43.5 Å². The number of methoxy groups -OCH3 is 1. The van der Waals surface area contributed by atoms with Crippen molar-refractivity contribution in [3.8, 4) is 11.5 Å². The molecular formula is C15H17NO4S. The summed E-state index contributed by atoms with van der Waals surface area (Å²) in [7, 11) is -2.06. The molecule has 0 saturated carbocycles. The van der Waals surface area contributed by atoms with E-state index in [0.717, 1.165) is 0 Å². The fourth-order valence-corrected chi connectivity index (χ4v) is 2.81. The van der Waals surface area contributed by atoms with Crippen LogP contribution in [0.2, 0.25) is 0 Å². The molecule has 0 amide bonds. The number of sulfonamides is 1. The van der Waals surface area contributed by atoms with Crippen LogP contribution in [0.4, 0.5) is 5.69 Å². The first-order valence-corrected chi connectivity index (χ1v) is 7.93. The third-order valence-electron chi connectivity index (χ3n) is 2.79. The van der Waals surface area contributed by atoms with Gasteiger partial charge in [-0.05, 0) is 55.5 Å². The van der Waals surface area contributed by atoms with Gasteiger partial charge in [-0.15, -0.1) is 0 Å². The monoisotopic (exact) mass is 307 g/mol. The quantitative estimate of drug-likeness (QED) is 0.891. The van der Waals surface area contributed by atoms with Crippen molar-refractivity contribution in [3.63, 3.8) is 0 Å². The highest BCUT2D eigenvalue weighted by Gasteiger charge is 2.14. The molecule has 0 aliphatic heterocycles. The molecule has 0 aliphatic rings. The van der Waals surface area contributed by atoms with E-state index in [-0.39, 0.29) is 4.90 Å². The molecule has 0 fully saturated rings. The van der Waals surface area contributed by atoms with Crippen LogP contribution >= 0.6 is 0 Å². The molecule has 5 nitrogen and oxygen atoms in total. The van der Waals surface area contributed by atoms with Crippen LogP contribution in [-0.4, -0.2) is 22.1 Å². The van der Waals surface area contributed by atoms with Crippen LogP contribution in [0.5, 0.6) is 11.5 Å². The smallest absolute Gasteiger partial charge is 0.261 e. The Morgan fingerprint density at radius 1 is 0.952 bits per heavy atom. The highest BCUT2D eigenvalue weighted by Crippen LogP contribution is 2.21. The van der Waals surface area contributed by atoms with Crippen LogP contribution in [-0.2, 0) is 10.0 Å². The van der Waals surface area contributed by atoms with Crippen molar-refractivity contribution in [2.75, 3.05) is 18.4 Å². The highest BCUT2D eigenvalue weighted by atomic mass is 32.2. The van der Waals surface area contributed by atoms with E-state index >= 15 is 0 Å². The summed E-state index contributed by atoms with van der Waals surface area (Å²) >= 11 is 0. The summed E-state index contributed by atoms with van der Waals surface area (Å²) in [5, 5.41) is 0.